The summed E-state index contributed by atoms with van der Waals surface area (Å²) in [5.74, 6) is 0.141. The first-order valence-electron chi connectivity index (χ1n) is 10.3. The fourth-order valence-corrected chi connectivity index (χ4v) is 4.25. The third kappa shape index (κ3) is 3.98. The smallest absolute Gasteiger partial charge is 0.256 e. The minimum Gasteiger partial charge on any atom is -0.359 e. The second-order valence-electron chi connectivity index (χ2n) is 7.81. The van der Waals surface area contributed by atoms with Crippen LogP contribution in [0, 0.1) is 13.8 Å². The summed E-state index contributed by atoms with van der Waals surface area (Å²) in [4.78, 5) is 30.4. The molecule has 0 spiro atoms. The molecule has 2 aromatic rings. The van der Waals surface area contributed by atoms with Crippen LogP contribution < -0.4 is 10.6 Å². The lowest BCUT2D eigenvalue weighted by atomic mass is 10.0. The zero-order valence-corrected chi connectivity index (χ0v) is 17.1. The van der Waals surface area contributed by atoms with Gasteiger partial charge in [-0.2, -0.15) is 0 Å². The first-order chi connectivity index (χ1) is 14.0. The van der Waals surface area contributed by atoms with E-state index in [1.54, 1.807) is 0 Å². The lowest BCUT2D eigenvalue weighted by Gasteiger charge is -2.20. The van der Waals surface area contributed by atoms with Crippen LogP contribution in [0.15, 0.2) is 24.3 Å². The molecule has 1 aromatic carbocycles. The van der Waals surface area contributed by atoms with Crippen molar-refractivity contribution >= 4 is 29.2 Å². The maximum atomic E-state index is 12.6. The van der Waals surface area contributed by atoms with Gasteiger partial charge in [-0.25, -0.2) is 0 Å². The SMILES string of the molecule is Cc1[nH]c(C=C2C(=O)Nc3ccccc32)c(C)c1CCC(=O)N1CCCNCC1. The first-order valence-corrected chi connectivity index (χ1v) is 10.3. The Morgan fingerprint density at radius 2 is 2.00 bits per heavy atom. The number of carbonyl (C=O) groups excluding carboxylic acids is 2. The molecule has 3 N–H and O–H groups in total. The fraction of sp³-hybridized carbons (Fsp3) is 0.391. The van der Waals surface area contributed by atoms with Gasteiger partial charge in [0.15, 0.2) is 0 Å². The van der Waals surface area contributed by atoms with Gasteiger partial charge in [-0.05, 0) is 56.5 Å². The molecule has 4 rings (SSSR count). The van der Waals surface area contributed by atoms with Crippen LogP contribution in [0.4, 0.5) is 5.69 Å². The van der Waals surface area contributed by atoms with Crippen LogP contribution >= 0.6 is 0 Å². The van der Waals surface area contributed by atoms with Crippen molar-refractivity contribution in [3.05, 3.63) is 52.3 Å². The summed E-state index contributed by atoms with van der Waals surface area (Å²) in [5.41, 5.74) is 6.72. The molecule has 1 saturated heterocycles. The van der Waals surface area contributed by atoms with Gasteiger partial charge >= 0.3 is 0 Å². The lowest BCUT2D eigenvalue weighted by Crippen LogP contribution is -2.34. The molecule has 3 heterocycles. The molecule has 0 radical (unpaired) electrons. The number of H-pyrrole nitrogens is 1. The Labute approximate surface area is 171 Å². The summed E-state index contributed by atoms with van der Waals surface area (Å²) in [6, 6.07) is 7.73. The van der Waals surface area contributed by atoms with E-state index >= 15 is 0 Å². The molecule has 2 aliphatic heterocycles. The molecule has 152 valence electrons. The third-order valence-electron chi connectivity index (χ3n) is 5.91. The van der Waals surface area contributed by atoms with E-state index in [1.165, 1.54) is 5.56 Å². The Balaban J connectivity index is 1.51. The molecule has 0 bridgehead atoms. The average Bonchev–Trinajstić information content (AvgIpc) is 3.01. The third-order valence-corrected chi connectivity index (χ3v) is 5.91. The fourth-order valence-electron chi connectivity index (χ4n) is 4.25. The number of nitrogens with one attached hydrogen (secondary N) is 3. The van der Waals surface area contributed by atoms with Crippen molar-refractivity contribution in [3.63, 3.8) is 0 Å². The monoisotopic (exact) mass is 392 g/mol. The van der Waals surface area contributed by atoms with E-state index in [2.05, 4.69) is 22.5 Å². The number of carbonyl (C=O) groups is 2. The quantitative estimate of drug-likeness (QED) is 0.700. The summed E-state index contributed by atoms with van der Waals surface area (Å²) in [7, 11) is 0. The molecule has 1 aromatic heterocycles. The number of amides is 2. The highest BCUT2D eigenvalue weighted by atomic mass is 16.2. The van der Waals surface area contributed by atoms with Crippen LogP contribution in [0.3, 0.4) is 0 Å². The predicted octanol–water partition coefficient (Wildman–Crippen LogP) is 2.88. The number of fused-ring (bicyclic) bond motifs is 1. The number of para-hydroxylation sites is 1. The molecule has 6 nitrogen and oxygen atoms in total. The number of hydrogen-bond acceptors (Lipinski definition) is 3. The minimum absolute atomic E-state index is 0.0793. The molecule has 0 aliphatic carbocycles. The van der Waals surface area contributed by atoms with Gasteiger partial charge in [-0.15, -0.1) is 0 Å². The van der Waals surface area contributed by atoms with E-state index in [1.807, 2.05) is 42.2 Å². The standard InChI is InChI=1S/C23H28N4O2/c1-15-17(8-9-22(28)27-12-5-10-24-11-13-27)16(2)25-21(15)14-19-18-6-3-4-7-20(18)26-23(19)29/h3-4,6-7,14,24-25H,5,8-13H2,1-2H3,(H,26,29). The van der Waals surface area contributed by atoms with Crippen LogP contribution in [0.25, 0.3) is 11.6 Å². The molecular formula is C23H28N4O2. The van der Waals surface area contributed by atoms with Crippen LogP contribution in [0.1, 0.15) is 40.9 Å². The lowest BCUT2D eigenvalue weighted by molar-refractivity contribution is -0.131. The van der Waals surface area contributed by atoms with E-state index in [0.717, 1.165) is 60.8 Å². The first kappa shape index (κ1) is 19.5. The minimum atomic E-state index is -0.0793. The Bertz CT molecular complexity index is 965. The number of rotatable bonds is 4. The second kappa shape index (κ2) is 8.25. The molecule has 6 heteroatoms. The molecule has 29 heavy (non-hydrogen) atoms. The highest BCUT2D eigenvalue weighted by Crippen LogP contribution is 2.33. The van der Waals surface area contributed by atoms with Gasteiger partial charge in [-0.1, -0.05) is 18.2 Å². The van der Waals surface area contributed by atoms with Crippen molar-refractivity contribution in [2.45, 2.75) is 33.1 Å². The number of aromatic amines is 1. The molecule has 2 amide bonds. The van der Waals surface area contributed by atoms with E-state index in [0.29, 0.717) is 18.4 Å². The zero-order chi connectivity index (χ0) is 20.4. The Morgan fingerprint density at radius 3 is 2.86 bits per heavy atom. The van der Waals surface area contributed by atoms with Crippen molar-refractivity contribution in [3.8, 4) is 0 Å². The number of aromatic nitrogens is 1. The van der Waals surface area contributed by atoms with Gasteiger partial charge in [-0.3, -0.25) is 9.59 Å². The highest BCUT2D eigenvalue weighted by Gasteiger charge is 2.24. The molecule has 1 fully saturated rings. The second-order valence-corrected chi connectivity index (χ2v) is 7.81. The summed E-state index contributed by atoms with van der Waals surface area (Å²) >= 11 is 0. The van der Waals surface area contributed by atoms with E-state index < -0.39 is 0 Å². The summed E-state index contributed by atoms with van der Waals surface area (Å²) < 4.78 is 0. The van der Waals surface area contributed by atoms with Crippen molar-refractivity contribution in [2.75, 3.05) is 31.5 Å². The number of anilines is 1. The Morgan fingerprint density at radius 1 is 1.17 bits per heavy atom. The van der Waals surface area contributed by atoms with E-state index in [-0.39, 0.29) is 11.8 Å². The number of aryl methyl sites for hydroxylation is 1. The highest BCUT2D eigenvalue weighted by molar-refractivity contribution is 6.34. The van der Waals surface area contributed by atoms with Gasteiger partial charge in [0.2, 0.25) is 5.91 Å². The normalized spacial score (nSPS) is 17.9. The van der Waals surface area contributed by atoms with Gasteiger partial charge in [0, 0.05) is 48.7 Å². The average molecular weight is 393 g/mol. The van der Waals surface area contributed by atoms with E-state index in [9.17, 15) is 9.59 Å². The van der Waals surface area contributed by atoms with Crippen molar-refractivity contribution < 1.29 is 9.59 Å². The van der Waals surface area contributed by atoms with Crippen LogP contribution in [0.2, 0.25) is 0 Å². The topological polar surface area (TPSA) is 77.2 Å². The van der Waals surface area contributed by atoms with Crippen LogP contribution in [-0.2, 0) is 16.0 Å². The largest absolute Gasteiger partial charge is 0.359 e. The van der Waals surface area contributed by atoms with Gasteiger partial charge in [0.05, 0.1) is 5.57 Å². The summed E-state index contributed by atoms with van der Waals surface area (Å²) in [6.45, 7) is 7.57. The molecule has 2 aliphatic rings. The van der Waals surface area contributed by atoms with Crippen molar-refractivity contribution in [1.29, 1.82) is 0 Å². The zero-order valence-electron chi connectivity index (χ0n) is 17.1. The summed E-state index contributed by atoms with van der Waals surface area (Å²) in [6.07, 6.45) is 4.16. The number of benzene rings is 1. The Hall–Kier alpha value is -2.86. The Kier molecular flexibility index (Phi) is 5.53. The molecule has 0 unspecified atom stereocenters. The van der Waals surface area contributed by atoms with Gasteiger partial charge in [0.25, 0.3) is 5.91 Å². The van der Waals surface area contributed by atoms with Crippen LogP contribution in [0.5, 0.6) is 0 Å². The maximum Gasteiger partial charge on any atom is 0.256 e. The number of nitrogens with zero attached hydrogens (tertiary/aromatic N) is 1. The van der Waals surface area contributed by atoms with E-state index in [4.69, 9.17) is 0 Å². The van der Waals surface area contributed by atoms with Crippen LogP contribution in [-0.4, -0.2) is 47.9 Å². The molecule has 0 atom stereocenters. The predicted molar refractivity (Wildman–Crippen MR) is 116 cm³/mol. The maximum absolute atomic E-state index is 12.6. The van der Waals surface area contributed by atoms with Crippen molar-refractivity contribution in [2.24, 2.45) is 0 Å². The number of hydrogen-bond donors (Lipinski definition) is 3. The van der Waals surface area contributed by atoms with Gasteiger partial charge < -0.3 is 20.5 Å². The molecular weight excluding hydrogens is 364 g/mol. The summed E-state index contributed by atoms with van der Waals surface area (Å²) in [5, 5.41) is 6.25. The van der Waals surface area contributed by atoms with Crippen molar-refractivity contribution in [1.82, 2.24) is 15.2 Å². The van der Waals surface area contributed by atoms with Gasteiger partial charge in [0.1, 0.15) is 0 Å². The molecule has 0 saturated carbocycles.